The van der Waals surface area contributed by atoms with E-state index in [1.807, 2.05) is 63.5 Å². The fourth-order valence-corrected chi connectivity index (χ4v) is 5.07. The van der Waals surface area contributed by atoms with Crippen molar-refractivity contribution in [2.24, 2.45) is 0 Å². The van der Waals surface area contributed by atoms with Gasteiger partial charge in [0.25, 0.3) is 11.8 Å². The number of carbonyl (C=O) groups excluding carboxylic acids is 2. The van der Waals surface area contributed by atoms with Crippen molar-refractivity contribution in [1.29, 1.82) is 0 Å². The molecule has 8 heteroatoms. The van der Waals surface area contributed by atoms with Gasteiger partial charge in [-0.25, -0.2) is 9.67 Å². The van der Waals surface area contributed by atoms with Gasteiger partial charge in [0.1, 0.15) is 0 Å². The van der Waals surface area contributed by atoms with E-state index < -0.39 is 0 Å². The van der Waals surface area contributed by atoms with Gasteiger partial charge in [-0.15, -0.1) is 11.3 Å². The number of nitrogens with zero attached hydrogens (tertiary/aromatic N) is 4. The third-order valence-electron chi connectivity index (χ3n) is 6.21. The molecule has 1 aromatic carbocycles. The minimum Gasteiger partial charge on any atom is -0.349 e. The van der Waals surface area contributed by atoms with Crippen LogP contribution in [0.4, 0.5) is 0 Å². The highest BCUT2D eigenvalue weighted by Gasteiger charge is 2.27. The van der Waals surface area contributed by atoms with E-state index in [0.29, 0.717) is 24.2 Å². The first-order chi connectivity index (χ1) is 16.5. The molecule has 174 valence electrons. The highest BCUT2D eigenvalue weighted by atomic mass is 32.1. The summed E-state index contributed by atoms with van der Waals surface area (Å²) in [5.74, 6) is -0.0794. The molecule has 3 aromatic heterocycles. The van der Waals surface area contributed by atoms with Crippen LogP contribution in [0.15, 0.2) is 60.1 Å². The molecule has 0 bridgehead atoms. The van der Waals surface area contributed by atoms with Crippen LogP contribution in [-0.2, 0) is 0 Å². The molecule has 0 unspecified atom stereocenters. The Kier molecular flexibility index (Phi) is 6.15. The van der Waals surface area contributed by atoms with Gasteiger partial charge >= 0.3 is 0 Å². The van der Waals surface area contributed by atoms with E-state index in [1.54, 1.807) is 17.5 Å². The fourth-order valence-electron chi connectivity index (χ4n) is 4.38. The molecule has 34 heavy (non-hydrogen) atoms. The first kappa shape index (κ1) is 22.3. The van der Waals surface area contributed by atoms with Crippen molar-refractivity contribution in [2.45, 2.75) is 38.8 Å². The standard InChI is InChI=1S/C26H27N5O2S/c1-17(2)31-24-21(16-27-31)20(15-22(29-24)23-9-6-14-34-23)26(33)30-12-10-19(11-13-30)28-25(32)18-7-4-3-5-8-18/h3-9,14-17,19H,10-13H2,1-2H3,(H,28,32). The lowest BCUT2D eigenvalue weighted by Gasteiger charge is -2.32. The van der Waals surface area contributed by atoms with Gasteiger partial charge in [-0.1, -0.05) is 24.3 Å². The lowest BCUT2D eigenvalue weighted by molar-refractivity contribution is 0.0700. The number of thiophene rings is 1. The minimum atomic E-state index is -0.0668. The van der Waals surface area contributed by atoms with Gasteiger partial charge in [-0.2, -0.15) is 5.10 Å². The maximum absolute atomic E-state index is 13.6. The van der Waals surface area contributed by atoms with Crippen molar-refractivity contribution < 1.29 is 9.59 Å². The van der Waals surface area contributed by atoms with Gasteiger partial charge in [0.15, 0.2) is 5.65 Å². The molecule has 1 aliphatic heterocycles. The van der Waals surface area contributed by atoms with E-state index in [9.17, 15) is 9.59 Å². The van der Waals surface area contributed by atoms with E-state index in [4.69, 9.17) is 4.98 Å². The Bertz CT molecular complexity index is 1310. The third kappa shape index (κ3) is 4.33. The summed E-state index contributed by atoms with van der Waals surface area (Å²) in [6.07, 6.45) is 3.20. The van der Waals surface area contributed by atoms with Crippen LogP contribution in [0.25, 0.3) is 21.6 Å². The summed E-state index contributed by atoms with van der Waals surface area (Å²) in [4.78, 5) is 33.9. The molecule has 7 nitrogen and oxygen atoms in total. The molecule has 1 N–H and O–H groups in total. The number of nitrogens with one attached hydrogen (secondary N) is 1. The first-order valence-electron chi connectivity index (χ1n) is 11.6. The van der Waals surface area contributed by atoms with Crippen molar-refractivity contribution in [2.75, 3.05) is 13.1 Å². The molecule has 1 aliphatic rings. The number of carbonyl (C=O) groups is 2. The van der Waals surface area contributed by atoms with E-state index in [-0.39, 0.29) is 23.9 Å². The lowest BCUT2D eigenvalue weighted by atomic mass is 10.0. The van der Waals surface area contributed by atoms with Gasteiger partial charge in [0.05, 0.1) is 27.7 Å². The molecule has 0 radical (unpaired) electrons. The molecule has 4 aromatic rings. The second-order valence-electron chi connectivity index (χ2n) is 8.86. The van der Waals surface area contributed by atoms with Crippen LogP contribution in [0.5, 0.6) is 0 Å². The number of likely N-dealkylation sites (tertiary alicyclic amines) is 1. The average molecular weight is 474 g/mol. The summed E-state index contributed by atoms with van der Waals surface area (Å²) in [6.45, 7) is 5.30. The molecule has 0 saturated carbocycles. The Morgan fingerprint density at radius 2 is 1.85 bits per heavy atom. The van der Waals surface area contributed by atoms with Gasteiger partial charge in [-0.3, -0.25) is 9.59 Å². The monoisotopic (exact) mass is 473 g/mol. The normalized spacial score (nSPS) is 14.6. The van der Waals surface area contributed by atoms with Crippen LogP contribution in [0.3, 0.4) is 0 Å². The molecule has 1 fully saturated rings. The highest BCUT2D eigenvalue weighted by Crippen LogP contribution is 2.30. The maximum Gasteiger partial charge on any atom is 0.254 e. The number of aromatic nitrogens is 3. The van der Waals surface area contributed by atoms with Crippen molar-refractivity contribution in [3.8, 4) is 10.6 Å². The lowest BCUT2D eigenvalue weighted by Crippen LogP contribution is -2.46. The number of hydrogen-bond acceptors (Lipinski definition) is 5. The van der Waals surface area contributed by atoms with Crippen LogP contribution in [-0.4, -0.2) is 50.6 Å². The topological polar surface area (TPSA) is 80.1 Å². The van der Waals surface area contributed by atoms with Gasteiger partial charge in [0, 0.05) is 30.7 Å². The molecule has 4 heterocycles. The third-order valence-corrected chi connectivity index (χ3v) is 7.11. The Balaban J connectivity index is 1.36. The van der Waals surface area contributed by atoms with Gasteiger partial charge in [0.2, 0.25) is 0 Å². The van der Waals surface area contributed by atoms with E-state index in [1.165, 1.54) is 0 Å². The Morgan fingerprint density at radius 1 is 1.09 bits per heavy atom. The summed E-state index contributed by atoms with van der Waals surface area (Å²) in [5, 5.41) is 10.4. The fraction of sp³-hybridized carbons (Fsp3) is 0.308. The predicted molar refractivity (Wildman–Crippen MR) is 134 cm³/mol. The minimum absolute atomic E-state index is 0.0126. The summed E-state index contributed by atoms with van der Waals surface area (Å²) >= 11 is 1.60. The number of hydrogen-bond donors (Lipinski definition) is 1. The maximum atomic E-state index is 13.6. The van der Waals surface area contributed by atoms with Crippen LogP contribution < -0.4 is 5.32 Å². The highest BCUT2D eigenvalue weighted by molar-refractivity contribution is 7.13. The number of pyridine rings is 1. The first-order valence-corrected chi connectivity index (χ1v) is 12.5. The van der Waals surface area contributed by atoms with Crippen molar-refractivity contribution in [3.05, 3.63) is 71.2 Å². The predicted octanol–water partition coefficient (Wildman–Crippen LogP) is 4.78. The van der Waals surface area contributed by atoms with Crippen molar-refractivity contribution in [1.82, 2.24) is 25.0 Å². The SMILES string of the molecule is CC(C)n1ncc2c(C(=O)N3CCC(NC(=O)c4ccccc4)CC3)cc(-c3cccs3)nc21. The number of benzene rings is 1. The van der Waals surface area contributed by atoms with Crippen LogP contribution in [0.1, 0.15) is 53.4 Å². The van der Waals surface area contributed by atoms with Crippen LogP contribution in [0, 0.1) is 0 Å². The summed E-state index contributed by atoms with van der Waals surface area (Å²) < 4.78 is 1.87. The van der Waals surface area contributed by atoms with E-state index >= 15 is 0 Å². The molecule has 2 amide bonds. The van der Waals surface area contributed by atoms with E-state index in [0.717, 1.165) is 34.4 Å². The quantitative estimate of drug-likeness (QED) is 0.453. The molecule has 0 aliphatic carbocycles. The molecule has 5 rings (SSSR count). The second-order valence-corrected chi connectivity index (χ2v) is 9.81. The molecule has 1 saturated heterocycles. The van der Waals surface area contributed by atoms with Crippen LogP contribution >= 0.6 is 11.3 Å². The zero-order valence-corrected chi connectivity index (χ0v) is 20.1. The Morgan fingerprint density at radius 3 is 2.53 bits per heavy atom. The van der Waals surface area contributed by atoms with Gasteiger partial charge < -0.3 is 10.2 Å². The van der Waals surface area contributed by atoms with E-state index in [2.05, 4.69) is 24.3 Å². The summed E-state index contributed by atoms with van der Waals surface area (Å²) in [6, 6.07) is 15.3. The molecule has 0 spiro atoms. The zero-order valence-electron chi connectivity index (χ0n) is 19.3. The van der Waals surface area contributed by atoms with Crippen LogP contribution in [0.2, 0.25) is 0 Å². The second kappa shape index (κ2) is 9.38. The number of piperidine rings is 1. The largest absolute Gasteiger partial charge is 0.349 e. The number of rotatable bonds is 5. The molecular weight excluding hydrogens is 446 g/mol. The van der Waals surface area contributed by atoms with Gasteiger partial charge in [-0.05, 0) is 56.3 Å². The molecule has 0 atom stereocenters. The number of amides is 2. The summed E-state index contributed by atoms with van der Waals surface area (Å²) in [5.41, 5.74) is 2.81. The van der Waals surface area contributed by atoms with Crippen molar-refractivity contribution in [3.63, 3.8) is 0 Å². The Labute approximate surface area is 202 Å². The zero-order chi connectivity index (χ0) is 23.7. The Hall–Kier alpha value is -3.52. The average Bonchev–Trinajstić information content (AvgIpc) is 3.54. The van der Waals surface area contributed by atoms with Crippen molar-refractivity contribution >= 4 is 34.2 Å². The number of fused-ring (bicyclic) bond motifs is 1. The molecular formula is C26H27N5O2S. The summed E-state index contributed by atoms with van der Waals surface area (Å²) in [7, 11) is 0. The smallest absolute Gasteiger partial charge is 0.254 e.